The standard InChI is InChI=1S/C10H5Cl2N3/c11-8-2-1-6(3-9(8)12)10-7(4-13)5-14-15-10/h1-3,5H,(H,14,15). The third-order valence-electron chi connectivity index (χ3n) is 1.97. The minimum atomic E-state index is 0.452. The summed E-state index contributed by atoms with van der Waals surface area (Å²) >= 11 is 11.7. The van der Waals surface area contributed by atoms with Crippen LogP contribution in [0.3, 0.4) is 0 Å². The Bertz CT molecular complexity index is 540. The van der Waals surface area contributed by atoms with Crippen molar-refractivity contribution in [2.45, 2.75) is 0 Å². The molecule has 1 N–H and O–H groups in total. The molecule has 0 unspecified atom stereocenters. The summed E-state index contributed by atoms with van der Waals surface area (Å²) in [4.78, 5) is 0. The van der Waals surface area contributed by atoms with Crippen molar-refractivity contribution in [2.24, 2.45) is 0 Å². The summed E-state index contributed by atoms with van der Waals surface area (Å²) in [5.41, 5.74) is 1.92. The van der Waals surface area contributed by atoms with Crippen molar-refractivity contribution in [3.05, 3.63) is 40.0 Å². The molecule has 0 aliphatic carbocycles. The molecular formula is C10H5Cl2N3. The van der Waals surface area contributed by atoms with E-state index in [-0.39, 0.29) is 0 Å². The number of H-pyrrole nitrogens is 1. The molecule has 0 aliphatic rings. The van der Waals surface area contributed by atoms with Crippen LogP contribution < -0.4 is 0 Å². The number of benzene rings is 1. The number of aromatic amines is 1. The van der Waals surface area contributed by atoms with E-state index in [1.807, 2.05) is 6.07 Å². The zero-order chi connectivity index (χ0) is 10.8. The number of aromatic nitrogens is 2. The van der Waals surface area contributed by atoms with Crippen molar-refractivity contribution in [1.82, 2.24) is 10.2 Å². The number of nitrogens with zero attached hydrogens (tertiary/aromatic N) is 2. The van der Waals surface area contributed by atoms with Gasteiger partial charge in [-0.25, -0.2) is 0 Å². The molecule has 0 saturated heterocycles. The number of nitrogens with one attached hydrogen (secondary N) is 1. The van der Waals surface area contributed by atoms with E-state index in [2.05, 4.69) is 10.2 Å². The molecule has 3 nitrogen and oxygen atoms in total. The lowest BCUT2D eigenvalue weighted by atomic mass is 10.1. The van der Waals surface area contributed by atoms with Crippen molar-refractivity contribution in [1.29, 1.82) is 5.26 Å². The van der Waals surface area contributed by atoms with Crippen LogP contribution in [-0.2, 0) is 0 Å². The number of nitriles is 1. The van der Waals surface area contributed by atoms with Gasteiger partial charge in [0, 0.05) is 5.56 Å². The fraction of sp³-hybridized carbons (Fsp3) is 0. The highest BCUT2D eigenvalue weighted by Crippen LogP contribution is 2.28. The molecular weight excluding hydrogens is 233 g/mol. The van der Waals surface area contributed by atoms with E-state index >= 15 is 0 Å². The van der Waals surface area contributed by atoms with Crippen LogP contribution in [0.5, 0.6) is 0 Å². The summed E-state index contributed by atoms with van der Waals surface area (Å²) in [6.07, 6.45) is 1.47. The van der Waals surface area contributed by atoms with Crippen LogP contribution in [0.15, 0.2) is 24.4 Å². The van der Waals surface area contributed by atoms with Crippen molar-refractivity contribution in [3.8, 4) is 17.3 Å². The molecule has 2 aromatic rings. The Hall–Kier alpha value is -1.50. The average molecular weight is 238 g/mol. The van der Waals surface area contributed by atoms with Crippen LogP contribution in [0, 0.1) is 11.3 Å². The van der Waals surface area contributed by atoms with Gasteiger partial charge in [-0.05, 0) is 12.1 Å². The molecule has 1 heterocycles. The Morgan fingerprint density at radius 2 is 2.07 bits per heavy atom. The molecule has 0 radical (unpaired) electrons. The summed E-state index contributed by atoms with van der Waals surface area (Å²) in [5.74, 6) is 0. The first kappa shape index (κ1) is 10.0. The second-order valence-corrected chi connectivity index (χ2v) is 3.71. The molecule has 5 heteroatoms. The van der Waals surface area contributed by atoms with E-state index in [4.69, 9.17) is 28.5 Å². The lowest BCUT2D eigenvalue weighted by Gasteiger charge is -2.00. The number of halogens is 2. The summed E-state index contributed by atoms with van der Waals surface area (Å²) in [6.45, 7) is 0. The van der Waals surface area contributed by atoms with Crippen molar-refractivity contribution in [3.63, 3.8) is 0 Å². The molecule has 0 saturated carbocycles. The van der Waals surface area contributed by atoms with Crippen LogP contribution in [0.2, 0.25) is 10.0 Å². The minimum Gasteiger partial charge on any atom is -0.276 e. The van der Waals surface area contributed by atoms with Crippen molar-refractivity contribution in [2.75, 3.05) is 0 Å². The normalized spacial score (nSPS) is 9.93. The predicted octanol–water partition coefficient (Wildman–Crippen LogP) is 3.26. The van der Waals surface area contributed by atoms with Gasteiger partial charge in [0.05, 0.1) is 27.5 Å². The van der Waals surface area contributed by atoms with Gasteiger partial charge in [-0.3, -0.25) is 5.10 Å². The smallest absolute Gasteiger partial charge is 0.103 e. The molecule has 0 fully saturated rings. The van der Waals surface area contributed by atoms with Crippen LogP contribution >= 0.6 is 23.2 Å². The highest BCUT2D eigenvalue weighted by molar-refractivity contribution is 6.42. The first-order chi connectivity index (χ1) is 7.22. The first-order valence-corrected chi connectivity index (χ1v) is 4.87. The maximum Gasteiger partial charge on any atom is 0.103 e. The molecule has 15 heavy (non-hydrogen) atoms. The summed E-state index contributed by atoms with van der Waals surface area (Å²) < 4.78 is 0. The highest BCUT2D eigenvalue weighted by Gasteiger charge is 2.08. The van der Waals surface area contributed by atoms with E-state index in [0.29, 0.717) is 21.3 Å². The Morgan fingerprint density at radius 3 is 2.73 bits per heavy atom. The zero-order valence-corrected chi connectivity index (χ0v) is 8.97. The molecule has 0 atom stereocenters. The van der Waals surface area contributed by atoms with E-state index in [9.17, 15) is 0 Å². The monoisotopic (exact) mass is 237 g/mol. The second kappa shape index (κ2) is 3.93. The lowest BCUT2D eigenvalue weighted by molar-refractivity contribution is 1.10. The number of hydrogen-bond donors (Lipinski definition) is 1. The van der Waals surface area contributed by atoms with Crippen LogP contribution in [0.4, 0.5) is 0 Å². The number of hydrogen-bond acceptors (Lipinski definition) is 2. The predicted molar refractivity (Wildman–Crippen MR) is 58.8 cm³/mol. The SMILES string of the molecule is N#Cc1cn[nH]c1-c1ccc(Cl)c(Cl)c1. The zero-order valence-electron chi connectivity index (χ0n) is 7.46. The third-order valence-corrected chi connectivity index (χ3v) is 2.71. The minimum absolute atomic E-state index is 0.452. The quantitative estimate of drug-likeness (QED) is 0.828. The number of rotatable bonds is 1. The van der Waals surface area contributed by atoms with E-state index in [1.165, 1.54) is 6.20 Å². The maximum absolute atomic E-state index is 8.82. The lowest BCUT2D eigenvalue weighted by Crippen LogP contribution is -1.82. The largest absolute Gasteiger partial charge is 0.276 e. The molecule has 0 amide bonds. The van der Waals surface area contributed by atoms with Crippen LogP contribution in [0.1, 0.15) is 5.56 Å². The summed E-state index contributed by atoms with van der Waals surface area (Å²) in [6, 6.07) is 7.19. The summed E-state index contributed by atoms with van der Waals surface area (Å²) in [5, 5.41) is 16.3. The highest BCUT2D eigenvalue weighted by atomic mass is 35.5. The van der Waals surface area contributed by atoms with Gasteiger partial charge in [0.1, 0.15) is 6.07 Å². The van der Waals surface area contributed by atoms with Crippen molar-refractivity contribution >= 4 is 23.2 Å². The summed E-state index contributed by atoms with van der Waals surface area (Å²) in [7, 11) is 0. The van der Waals surface area contributed by atoms with E-state index < -0.39 is 0 Å². The molecule has 0 bridgehead atoms. The first-order valence-electron chi connectivity index (χ1n) is 4.11. The van der Waals surface area contributed by atoms with Gasteiger partial charge in [-0.1, -0.05) is 29.3 Å². The molecule has 74 valence electrons. The maximum atomic E-state index is 8.82. The van der Waals surface area contributed by atoms with Gasteiger partial charge >= 0.3 is 0 Å². The molecule has 0 spiro atoms. The average Bonchev–Trinajstić information content (AvgIpc) is 2.70. The Balaban J connectivity index is 2.56. The van der Waals surface area contributed by atoms with Crippen LogP contribution in [-0.4, -0.2) is 10.2 Å². The van der Waals surface area contributed by atoms with Gasteiger partial charge in [0.25, 0.3) is 0 Å². The Labute approximate surface area is 96.2 Å². The van der Waals surface area contributed by atoms with Gasteiger partial charge in [-0.2, -0.15) is 10.4 Å². The van der Waals surface area contributed by atoms with E-state index in [0.717, 1.165) is 5.56 Å². The topological polar surface area (TPSA) is 52.5 Å². The second-order valence-electron chi connectivity index (χ2n) is 2.90. The van der Waals surface area contributed by atoms with Crippen LogP contribution in [0.25, 0.3) is 11.3 Å². The van der Waals surface area contributed by atoms with Crippen molar-refractivity contribution < 1.29 is 0 Å². The molecule has 1 aromatic heterocycles. The van der Waals surface area contributed by atoms with Gasteiger partial charge in [0.2, 0.25) is 0 Å². The fourth-order valence-corrected chi connectivity index (χ4v) is 1.54. The fourth-order valence-electron chi connectivity index (χ4n) is 1.24. The molecule has 2 rings (SSSR count). The van der Waals surface area contributed by atoms with E-state index in [1.54, 1.807) is 18.2 Å². The van der Waals surface area contributed by atoms with Gasteiger partial charge in [0.15, 0.2) is 0 Å². The third kappa shape index (κ3) is 1.82. The van der Waals surface area contributed by atoms with Gasteiger partial charge in [-0.15, -0.1) is 0 Å². The Morgan fingerprint density at radius 1 is 1.27 bits per heavy atom. The van der Waals surface area contributed by atoms with Gasteiger partial charge < -0.3 is 0 Å². The molecule has 0 aliphatic heterocycles. The molecule has 1 aromatic carbocycles. The Kier molecular flexibility index (Phi) is 2.63.